The Labute approximate surface area is 91.7 Å². The molecule has 0 radical (unpaired) electrons. The van der Waals surface area contributed by atoms with E-state index in [4.69, 9.17) is 4.74 Å². The summed E-state index contributed by atoms with van der Waals surface area (Å²) in [5.74, 6) is 0.571. The molecule has 2 aromatic heterocycles. The third-order valence-corrected chi connectivity index (χ3v) is 2.56. The summed E-state index contributed by atoms with van der Waals surface area (Å²) in [7, 11) is 1.59. The van der Waals surface area contributed by atoms with Gasteiger partial charge in [0.25, 0.3) is 0 Å². The summed E-state index contributed by atoms with van der Waals surface area (Å²) in [6.45, 7) is 0. The van der Waals surface area contributed by atoms with Crippen LogP contribution in [0.15, 0.2) is 46.8 Å². The smallest absolute Gasteiger partial charge is 0.217 e. The van der Waals surface area contributed by atoms with Gasteiger partial charge in [-0.15, -0.1) is 0 Å². The molecule has 0 saturated heterocycles. The van der Waals surface area contributed by atoms with Gasteiger partial charge in [-0.05, 0) is 23.9 Å². The first-order chi connectivity index (χ1) is 7.38. The van der Waals surface area contributed by atoms with Crippen molar-refractivity contribution in [1.29, 1.82) is 0 Å². The molecule has 0 fully saturated rings. The predicted molar refractivity (Wildman–Crippen MR) is 56.9 cm³/mol. The van der Waals surface area contributed by atoms with Gasteiger partial charge in [0.1, 0.15) is 0 Å². The molecule has 0 spiro atoms. The van der Waals surface area contributed by atoms with Gasteiger partial charge in [-0.2, -0.15) is 4.98 Å². The van der Waals surface area contributed by atoms with Crippen molar-refractivity contribution in [3.05, 3.63) is 36.8 Å². The summed E-state index contributed by atoms with van der Waals surface area (Å²) in [6.07, 6.45) is 5.15. The Morgan fingerprint density at radius 2 is 1.93 bits per heavy atom. The molecule has 0 amide bonds. The molecule has 2 rings (SSSR count). The van der Waals surface area contributed by atoms with Gasteiger partial charge in [-0.3, -0.25) is 4.98 Å². The molecule has 0 bridgehead atoms. The molecule has 2 aromatic rings. The molecule has 0 aliphatic heterocycles. The number of pyridine rings is 1. The van der Waals surface area contributed by atoms with E-state index in [-0.39, 0.29) is 0 Å². The molecule has 5 heteroatoms. The van der Waals surface area contributed by atoms with Crippen LogP contribution in [0, 0.1) is 0 Å². The summed E-state index contributed by atoms with van der Waals surface area (Å²) in [5, 5.41) is 0.667. The van der Waals surface area contributed by atoms with E-state index in [1.165, 1.54) is 11.8 Å². The number of aromatic nitrogens is 3. The Bertz CT molecular complexity index is 436. The lowest BCUT2D eigenvalue weighted by Crippen LogP contribution is -1.90. The minimum absolute atomic E-state index is 0.571. The van der Waals surface area contributed by atoms with Crippen molar-refractivity contribution in [3.8, 4) is 5.88 Å². The van der Waals surface area contributed by atoms with Gasteiger partial charge in [0.05, 0.1) is 7.11 Å². The summed E-state index contributed by atoms with van der Waals surface area (Å²) < 4.78 is 5.02. The van der Waals surface area contributed by atoms with Crippen molar-refractivity contribution < 1.29 is 4.74 Å². The van der Waals surface area contributed by atoms with E-state index < -0.39 is 0 Å². The summed E-state index contributed by atoms with van der Waals surface area (Å²) in [6, 6.07) is 5.54. The van der Waals surface area contributed by atoms with Crippen molar-refractivity contribution >= 4 is 11.8 Å². The summed E-state index contributed by atoms with van der Waals surface area (Å²) in [4.78, 5) is 13.3. The lowest BCUT2D eigenvalue weighted by molar-refractivity contribution is 0.392. The fraction of sp³-hybridized carbons (Fsp3) is 0.100. The van der Waals surface area contributed by atoms with Gasteiger partial charge < -0.3 is 4.74 Å². The molecule has 0 aliphatic carbocycles. The lowest BCUT2D eigenvalue weighted by Gasteiger charge is -2.01. The minimum atomic E-state index is 0.571. The third kappa shape index (κ3) is 2.66. The highest BCUT2D eigenvalue weighted by Crippen LogP contribution is 2.24. The van der Waals surface area contributed by atoms with E-state index in [1.54, 1.807) is 31.8 Å². The van der Waals surface area contributed by atoms with E-state index >= 15 is 0 Å². The molecule has 0 aliphatic rings. The first-order valence-corrected chi connectivity index (χ1v) is 5.15. The predicted octanol–water partition coefficient (Wildman–Crippen LogP) is 2.03. The van der Waals surface area contributed by atoms with Crippen LogP contribution in [0.5, 0.6) is 5.88 Å². The van der Waals surface area contributed by atoms with E-state index in [9.17, 15) is 0 Å². The molecular formula is C10H9N3OS. The number of methoxy groups -OCH3 is 1. The first-order valence-electron chi connectivity index (χ1n) is 4.33. The average molecular weight is 219 g/mol. The van der Waals surface area contributed by atoms with Crippen LogP contribution in [-0.4, -0.2) is 22.1 Å². The molecule has 0 aromatic carbocycles. The largest absolute Gasteiger partial charge is 0.481 e. The van der Waals surface area contributed by atoms with Crippen LogP contribution in [0.25, 0.3) is 0 Å². The second-order valence-corrected chi connectivity index (χ2v) is 3.71. The Morgan fingerprint density at radius 1 is 1.13 bits per heavy atom. The Balaban J connectivity index is 2.17. The number of nitrogens with zero attached hydrogens (tertiary/aromatic N) is 3. The molecule has 0 saturated carbocycles. The maximum absolute atomic E-state index is 5.02. The Kier molecular flexibility index (Phi) is 3.14. The van der Waals surface area contributed by atoms with E-state index in [0.29, 0.717) is 11.0 Å². The monoisotopic (exact) mass is 219 g/mol. The zero-order valence-corrected chi connectivity index (χ0v) is 8.94. The molecule has 4 nitrogen and oxygen atoms in total. The molecule has 76 valence electrons. The number of hydrogen-bond donors (Lipinski definition) is 0. The molecular weight excluding hydrogens is 210 g/mol. The van der Waals surface area contributed by atoms with Gasteiger partial charge in [-0.25, -0.2) is 4.98 Å². The lowest BCUT2D eigenvalue weighted by atomic mass is 10.5. The first kappa shape index (κ1) is 9.92. The third-order valence-electron chi connectivity index (χ3n) is 1.68. The Hall–Kier alpha value is -1.62. The maximum atomic E-state index is 5.02. The molecule has 0 N–H and O–H groups in total. The van der Waals surface area contributed by atoms with Crippen LogP contribution in [0.3, 0.4) is 0 Å². The van der Waals surface area contributed by atoms with Gasteiger partial charge in [0.2, 0.25) is 5.88 Å². The topological polar surface area (TPSA) is 47.9 Å². The van der Waals surface area contributed by atoms with Crippen molar-refractivity contribution in [2.45, 2.75) is 10.1 Å². The maximum Gasteiger partial charge on any atom is 0.217 e. The average Bonchev–Trinajstić information content (AvgIpc) is 2.31. The summed E-state index contributed by atoms with van der Waals surface area (Å²) >= 11 is 1.47. The zero-order chi connectivity index (χ0) is 10.5. The standard InChI is InChI=1S/C10H9N3OS/c1-14-9-4-7-12-10(13-9)15-8-2-5-11-6-3-8/h2-7H,1H3. The van der Waals surface area contributed by atoms with Gasteiger partial charge in [-0.1, -0.05) is 0 Å². The SMILES string of the molecule is COc1ccnc(Sc2ccncc2)n1. The normalized spacial score (nSPS) is 9.93. The van der Waals surface area contributed by atoms with Crippen molar-refractivity contribution in [2.24, 2.45) is 0 Å². The van der Waals surface area contributed by atoms with Crippen molar-refractivity contribution in [1.82, 2.24) is 15.0 Å². The number of hydrogen-bond acceptors (Lipinski definition) is 5. The molecule has 15 heavy (non-hydrogen) atoms. The second kappa shape index (κ2) is 4.75. The van der Waals surface area contributed by atoms with Crippen LogP contribution in [0.1, 0.15) is 0 Å². The second-order valence-electron chi connectivity index (χ2n) is 2.67. The van der Waals surface area contributed by atoms with Gasteiger partial charge in [0.15, 0.2) is 5.16 Å². The molecule has 0 atom stereocenters. The van der Waals surface area contributed by atoms with Crippen LogP contribution in [-0.2, 0) is 0 Å². The number of rotatable bonds is 3. The molecule has 0 unspecified atom stereocenters. The van der Waals surface area contributed by atoms with Crippen LogP contribution in [0.2, 0.25) is 0 Å². The highest BCUT2D eigenvalue weighted by atomic mass is 32.2. The van der Waals surface area contributed by atoms with E-state index in [1.807, 2.05) is 12.1 Å². The highest BCUT2D eigenvalue weighted by molar-refractivity contribution is 7.99. The van der Waals surface area contributed by atoms with Gasteiger partial charge in [0, 0.05) is 29.6 Å². The van der Waals surface area contributed by atoms with E-state index in [2.05, 4.69) is 15.0 Å². The van der Waals surface area contributed by atoms with Crippen LogP contribution in [0.4, 0.5) is 0 Å². The fourth-order valence-electron chi connectivity index (χ4n) is 1.000. The highest BCUT2D eigenvalue weighted by Gasteiger charge is 2.01. The van der Waals surface area contributed by atoms with E-state index in [0.717, 1.165) is 4.90 Å². The van der Waals surface area contributed by atoms with Crippen molar-refractivity contribution in [3.63, 3.8) is 0 Å². The van der Waals surface area contributed by atoms with Crippen LogP contribution < -0.4 is 4.74 Å². The van der Waals surface area contributed by atoms with Gasteiger partial charge >= 0.3 is 0 Å². The number of ether oxygens (including phenoxy) is 1. The minimum Gasteiger partial charge on any atom is -0.481 e. The quantitative estimate of drug-likeness (QED) is 0.739. The van der Waals surface area contributed by atoms with Crippen LogP contribution >= 0.6 is 11.8 Å². The molecule has 2 heterocycles. The fourth-order valence-corrected chi connectivity index (χ4v) is 1.72. The Morgan fingerprint density at radius 3 is 2.67 bits per heavy atom. The van der Waals surface area contributed by atoms with Crippen molar-refractivity contribution in [2.75, 3.05) is 7.11 Å². The summed E-state index contributed by atoms with van der Waals surface area (Å²) in [5.41, 5.74) is 0. The zero-order valence-electron chi connectivity index (χ0n) is 8.12.